The van der Waals surface area contributed by atoms with Crippen LogP contribution in [0.25, 0.3) is 0 Å². The molecule has 7 nitrogen and oxygen atoms in total. The quantitative estimate of drug-likeness (QED) is 0.832. The predicted molar refractivity (Wildman–Crippen MR) is 87.7 cm³/mol. The van der Waals surface area contributed by atoms with Crippen molar-refractivity contribution in [2.45, 2.75) is 17.8 Å². The SMILES string of the molecule is C[C@@H]1CN(C(=O)c2ccc(CSc3nccn3C)o2)C[C@H]1C(=O)O. The number of carbonyl (C=O) groups excluding carboxylic acids is 1. The Balaban J connectivity index is 1.62. The molecule has 2 aromatic rings. The highest BCUT2D eigenvalue weighted by atomic mass is 32.2. The van der Waals surface area contributed by atoms with Crippen molar-refractivity contribution in [1.29, 1.82) is 0 Å². The monoisotopic (exact) mass is 349 g/mol. The third-order valence-electron chi connectivity index (χ3n) is 4.21. The summed E-state index contributed by atoms with van der Waals surface area (Å²) in [7, 11) is 1.92. The van der Waals surface area contributed by atoms with E-state index in [4.69, 9.17) is 9.52 Å². The van der Waals surface area contributed by atoms with Gasteiger partial charge in [0.25, 0.3) is 5.91 Å². The van der Waals surface area contributed by atoms with Gasteiger partial charge in [0.1, 0.15) is 5.76 Å². The van der Waals surface area contributed by atoms with Gasteiger partial charge in [-0.15, -0.1) is 0 Å². The minimum Gasteiger partial charge on any atom is -0.481 e. The molecular weight excluding hydrogens is 330 g/mol. The van der Waals surface area contributed by atoms with Gasteiger partial charge in [0.15, 0.2) is 10.9 Å². The van der Waals surface area contributed by atoms with Gasteiger partial charge in [0, 0.05) is 32.5 Å². The lowest BCUT2D eigenvalue weighted by atomic mass is 9.99. The molecule has 128 valence electrons. The number of carbonyl (C=O) groups is 2. The van der Waals surface area contributed by atoms with E-state index in [9.17, 15) is 9.59 Å². The first-order valence-corrected chi connectivity index (χ1v) is 8.65. The van der Waals surface area contributed by atoms with Crippen LogP contribution in [0.2, 0.25) is 0 Å². The number of carboxylic acid groups (broad SMARTS) is 1. The predicted octanol–water partition coefficient (Wildman–Crippen LogP) is 2.10. The van der Waals surface area contributed by atoms with Crippen LogP contribution in [-0.2, 0) is 17.6 Å². The maximum absolute atomic E-state index is 12.5. The molecular formula is C16H19N3O4S. The van der Waals surface area contributed by atoms with E-state index in [2.05, 4.69) is 4.98 Å². The summed E-state index contributed by atoms with van der Waals surface area (Å²) in [5, 5.41) is 10.0. The zero-order valence-electron chi connectivity index (χ0n) is 13.5. The van der Waals surface area contributed by atoms with Crippen LogP contribution in [0, 0.1) is 11.8 Å². The van der Waals surface area contributed by atoms with Gasteiger partial charge < -0.3 is 19.0 Å². The smallest absolute Gasteiger partial charge is 0.308 e. The molecule has 3 rings (SSSR count). The van der Waals surface area contributed by atoms with Crippen molar-refractivity contribution in [3.05, 3.63) is 36.0 Å². The van der Waals surface area contributed by atoms with Gasteiger partial charge in [-0.1, -0.05) is 18.7 Å². The number of imidazole rings is 1. The fourth-order valence-corrected chi connectivity index (χ4v) is 3.63. The van der Waals surface area contributed by atoms with Gasteiger partial charge in [0.05, 0.1) is 11.7 Å². The van der Waals surface area contributed by atoms with E-state index in [-0.39, 0.29) is 24.1 Å². The van der Waals surface area contributed by atoms with Crippen molar-refractivity contribution in [3.63, 3.8) is 0 Å². The van der Waals surface area contributed by atoms with Crippen molar-refractivity contribution in [3.8, 4) is 0 Å². The Morgan fingerprint density at radius 3 is 2.83 bits per heavy atom. The van der Waals surface area contributed by atoms with Crippen LogP contribution in [0.15, 0.2) is 34.1 Å². The number of thioether (sulfide) groups is 1. The Morgan fingerprint density at radius 1 is 1.42 bits per heavy atom. The average molecular weight is 349 g/mol. The molecule has 1 N–H and O–H groups in total. The van der Waals surface area contributed by atoms with Crippen molar-refractivity contribution >= 4 is 23.6 Å². The van der Waals surface area contributed by atoms with E-state index in [0.717, 1.165) is 5.16 Å². The lowest BCUT2D eigenvalue weighted by Crippen LogP contribution is -2.29. The number of amides is 1. The summed E-state index contributed by atoms with van der Waals surface area (Å²) in [6, 6.07) is 3.42. The zero-order chi connectivity index (χ0) is 17.3. The molecule has 8 heteroatoms. The molecule has 3 heterocycles. The summed E-state index contributed by atoms with van der Waals surface area (Å²) >= 11 is 1.52. The number of hydrogen-bond donors (Lipinski definition) is 1. The normalized spacial score (nSPS) is 20.5. The van der Waals surface area contributed by atoms with Crippen LogP contribution in [0.1, 0.15) is 23.2 Å². The number of carboxylic acids is 1. The highest BCUT2D eigenvalue weighted by Gasteiger charge is 2.37. The maximum atomic E-state index is 12.5. The van der Waals surface area contributed by atoms with Crippen molar-refractivity contribution in [1.82, 2.24) is 14.5 Å². The molecule has 1 amide bonds. The van der Waals surface area contributed by atoms with E-state index in [1.54, 1.807) is 23.2 Å². The Hall–Kier alpha value is -2.22. The second-order valence-corrected chi connectivity index (χ2v) is 6.95. The molecule has 0 unspecified atom stereocenters. The van der Waals surface area contributed by atoms with Crippen LogP contribution in [0.5, 0.6) is 0 Å². The Morgan fingerprint density at radius 2 is 2.21 bits per heavy atom. The molecule has 0 bridgehead atoms. The maximum Gasteiger partial charge on any atom is 0.308 e. The van der Waals surface area contributed by atoms with Gasteiger partial charge in [0.2, 0.25) is 0 Å². The molecule has 0 spiro atoms. The summed E-state index contributed by atoms with van der Waals surface area (Å²) in [5.41, 5.74) is 0. The van der Waals surface area contributed by atoms with Crippen molar-refractivity contribution in [2.75, 3.05) is 13.1 Å². The molecule has 1 aliphatic rings. The first-order valence-electron chi connectivity index (χ1n) is 7.66. The summed E-state index contributed by atoms with van der Waals surface area (Å²) in [4.78, 5) is 29.4. The number of aryl methyl sites for hydroxylation is 1. The number of rotatable bonds is 5. The fraction of sp³-hybridized carbons (Fsp3) is 0.438. The van der Waals surface area contributed by atoms with E-state index in [1.807, 2.05) is 24.7 Å². The van der Waals surface area contributed by atoms with Gasteiger partial charge in [-0.2, -0.15) is 0 Å². The van der Waals surface area contributed by atoms with E-state index >= 15 is 0 Å². The number of likely N-dealkylation sites (tertiary alicyclic amines) is 1. The lowest BCUT2D eigenvalue weighted by Gasteiger charge is -2.13. The minimum atomic E-state index is -0.857. The molecule has 0 aromatic carbocycles. The highest BCUT2D eigenvalue weighted by molar-refractivity contribution is 7.98. The number of hydrogen-bond acceptors (Lipinski definition) is 5. The number of aliphatic carboxylic acids is 1. The second-order valence-electron chi connectivity index (χ2n) is 6.01. The molecule has 1 aliphatic heterocycles. The zero-order valence-corrected chi connectivity index (χ0v) is 14.3. The Labute approximate surface area is 143 Å². The summed E-state index contributed by atoms with van der Waals surface area (Å²) < 4.78 is 7.54. The summed E-state index contributed by atoms with van der Waals surface area (Å²) in [6.45, 7) is 2.52. The van der Waals surface area contributed by atoms with Crippen LogP contribution in [-0.4, -0.2) is 44.5 Å². The van der Waals surface area contributed by atoms with E-state index < -0.39 is 11.9 Å². The number of nitrogens with zero attached hydrogens (tertiary/aromatic N) is 3. The van der Waals surface area contributed by atoms with Crippen LogP contribution in [0.3, 0.4) is 0 Å². The van der Waals surface area contributed by atoms with Crippen molar-refractivity contribution < 1.29 is 19.1 Å². The van der Waals surface area contributed by atoms with E-state index in [0.29, 0.717) is 18.1 Å². The van der Waals surface area contributed by atoms with Gasteiger partial charge in [-0.25, -0.2) is 4.98 Å². The van der Waals surface area contributed by atoms with Crippen LogP contribution < -0.4 is 0 Å². The summed E-state index contributed by atoms with van der Waals surface area (Å²) in [5.74, 6) is -0.158. The van der Waals surface area contributed by atoms with E-state index in [1.165, 1.54) is 11.8 Å². The molecule has 2 atom stereocenters. The standard InChI is InChI=1S/C16H19N3O4S/c1-10-7-19(8-12(10)15(21)22)14(20)13-4-3-11(23-13)9-24-16-17-5-6-18(16)2/h3-6,10,12H,7-9H2,1-2H3,(H,21,22)/t10-,12-/m1/s1. The van der Waals surface area contributed by atoms with Gasteiger partial charge in [-0.3, -0.25) is 9.59 Å². The Bertz CT molecular complexity index is 754. The lowest BCUT2D eigenvalue weighted by molar-refractivity contribution is -0.142. The Kier molecular flexibility index (Phi) is 4.66. The van der Waals surface area contributed by atoms with Crippen LogP contribution in [0.4, 0.5) is 0 Å². The average Bonchev–Trinajstić information content (AvgIpc) is 3.24. The highest BCUT2D eigenvalue weighted by Crippen LogP contribution is 2.26. The molecule has 1 saturated heterocycles. The van der Waals surface area contributed by atoms with Gasteiger partial charge in [-0.05, 0) is 18.1 Å². The molecule has 0 saturated carbocycles. The first kappa shape index (κ1) is 16.6. The third kappa shape index (κ3) is 3.33. The number of aromatic nitrogens is 2. The first-order chi connectivity index (χ1) is 11.5. The topological polar surface area (TPSA) is 88.6 Å². The van der Waals surface area contributed by atoms with Gasteiger partial charge >= 0.3 is 5.97 Å². The largest absolute Gasteiger partial charge is 0.481 e. The molecule has 1 fully saturated rings. The molecule has 2 aromatic heterocycles. The molecule has 0 radical (unpaired) electrons. The minimum absolute atomic E-state index is 0.0557. The fourth-order valence-electron chi connectivity index (χ4n) is 2.81. The summed E-state index contributed by atoms with van der Waals surface area (Å²) in [6.07, 6.45) is 3.60. The molecule has 24 heavy (non-hydrogen) atoms. The van der Waals surface area contributed by atoms with Crippen LogP contribution >= 0.6 is 11.8 Å². The second kappa shape index (κ2) is 6.72. The molecule has 0 aliphatic carbocycles. The van der Waals surface area contributed by atoms with Crippen molar-refractivity contribution in [2.24, 2.45) is 18.9 Å². The third-order valence-corrected chi connectivity index (χ3v) is 5.29. The number of furan rings is 1.